The number of carbonyl (C=O) groups is 1. The highest BCUT2D eigenvalue weighted by molar-refractivity contribution is 6.03. The molecule has 0 radical (unpaired) electrons. The highest BCUT2D eigenvalue weighted by Gasteiger charge is 2.30. The van der Waals surface area contributed by atoms with Crippen LogP contribution < -0.4 is 0 Å². The van der Waals surface area contributed by atoms with Crippen molar-refractivity contribution >= 4 is 11.9 Å². The van der Waals surface area contributed by atoms with Crippen LogP contribution in [0.15, 0.2) is 51.6 Å². The first-order valence-electron chi connectivity index (χ1n) is 10.6. The molecule has 0 aromatic rings. The van der Waals surface area contributed by atoms with Crippen LogP contribution in [0, 0.1) is 5.92 Å². The minimum Gasteiger partial charge on any atom is -0.406 e. The topological polar surface area (TPSA) is 38.7 Å². The largest absolute Gasteiger partial charge is 0.406 e. The number of hydrogen-bond acceptors (Lipinski definition) is 3. The van der Waals surface area contributed by atoms with E-state index < -0.39 is 0 Å². The second kappa shape index (κ2) is 12.5. The van der Waals surface area contributed by atoms with E-state index in [-0.39, 0.29) is 17.9 Å². The van der Waals surface area contributed by atoms with Gasteiger partial charge in [0.05, 0.1) is 0 Å². The summed E-state index contributed by atoms with van der Waals surface area (Å²) in [5.74, 6) is 0.416. The zero-order chi connectivity index (χ0) is 21.1. The molecule has 0 spiro atoms. The lowest BCUT2D eigenvalue weighted by Crippen LogP contribution is -2.20. The van der Waals surface area contributed by atoms with Gasteiger partial charge in [-0.15, -0.1) is 0 Å². The molecule has 1 heterocycles. The fourth-order valence-electron chi connectivity index (χ4n) is 3.04. The van der Waals surface area contributed by atoms with Gasteiger partial charge in [-0.2, -0.15) is 0 Å². The lowest BCUT2D eigenvalue weighted by atomic mass is 10.0. The first-order chi connectivity index (χ1) is 13.2. The monoisotopic (exact) mass is 385 g/mol. The quantitative estimate of drug-likeness (QED) is 0.281. The molecule has 0 saturated carbocycles. The van der Waals surface area contributed by atoms with Crippen molar-refractivity contribution in [3.05, 3.63) is 46.6 Å². The summed E-state index contributed by atoms with van der Waals surface area (Å²) in [5, 5.41) is 0. The Balaban J connectivity index is 2.36. The summed E-state index contributed by atoms with van der Waals surface area (Å²) in [6.07, 6.45) is 15.4. The SMILES string of the molecule is CC(C)=CCC/C(C)=C/CC/C(C)=C/CC/C(C)=C/C1=N[C@@H](C(C)C)C(=O)O1. The van der Waals surface area contributed by atoms with Gasteiger partial charge in [0.2, 0.25) is 5.90 Å². The van der Waals surface area contributed by atoms with E-state index in [0.717, 1.165) is 38.5 Å². The maximum atomic E-state index is 11.8. The maximum absolute atomic E-state index is 11.8. The minimum atomic E-state index is -0.347. The van der Waals surface area contributed by atoms with Crippen LogP contribution in [0.3, 0.4) is 0 Å². The van der Waals surface area contributed by atoms with E-state index in [4.69, 9.17) is 4.74 Å². The smallest absolute Gasteiger partial charge is 0.337 e. The average Bonchev–Trinajstić information content (AvgIpc) is 2.95. The Bertz CT molecular complexity index is 671. The number of esters is 1. The predicted molar refractivity (Wildman–Crippen MR) is 121 cm³/mol. The molecule has 3 heteroatoms. The third-order valence-electron chi connectivity index (χ3n) is 4.87. The number of ether oxygens (including phenoxy) is 1. The van der Waals surface area contributed by atoms with Crippen molar-refractivity contribution < 1.29 is 9.53 Å². The number of allylic oxidation sites excluding steroid dienone is 7. The van der Waals surface area contributed by atoms with Crippen molar-refractivity contribution in [3.8, 4) is 0 Å². The predicted octanol–water partition coefficient (Wildman–Crippen LogP) is 7.11. The molecule has 0 fully saturated rings. The molecule has 0 unspecified atom stereocenters. The van der Waals surface area contributed by atoms with Gasteiger partial charge in [-0.05, 0) is 85.1 Å². The molecule has 0 aliphatic carbocycles. The average molecular weight is 386 g/mol. The fraction of sp³-hybridized carbons (Fsp3) is 0.600. The van der Waals surface area contributed by atoms with Gasteiger partial charge >= 0.3 is 5.97 Å². The third-order valence-corrected chi connectivity index (χ3v) is 4.87. The molecule has 1 atom stereocenters. The second-order valence-electron chi connectivity index (χ2n) is 8.57. The molecule has 1 rings (SSSR count). The first-order valence-corrected chi connectivity index (χ1v) is 10.6. The van der Waals surface area contributed by atoms with Gasteiger partial charge in [0.15, 0.2) is 6.04 Å². The summed E-state index contributed by atoms with van der Waals surface area (Å²) >= 11 is 0. The highest BCUT2D eigenvalue weighted by Crippen LogP contribution is 2.18. The van der Waals surface area contributed by atoms with E-state index in [1.807, 2.05) is 19.9 Å². The summed E-state index contributed by atoms with van der Waals surface area (Å²) in [7, 11) is 0. The Morgan fingerprint density at radius 3 is 1.86 bits per heavy atom. The number of rotatable bonds is 11. The normalized spacial score (nSPS) is 18.4. The van der Waals surface area contributed by atoms with Crippen LogP contribution in [0.25, 0.3) is 0 Å². The van der Waals surface area contributed by atoms with E-state index in [0.29, 0.717) is 5.90 Å². The summed E-state index contributed by atoms with van der Waals surface area (Å²) in [6, 6.07) is -0.347. The molecule has 156 valence electrons. The van der Waals surface area contributed by atoms with Crippen molar-refractivity contribution in [2.75, 3.05) is 0 Å². The molecule has 0 aromatic carbocycles. The van der Waals surface area contributed by atoms with Gasteiger partial charge < -0.3 is 4.74 Å². The molecule has 0 N–H and O–H groups in total. The number of carbonyl (C=O) groups excluding carboxylic acids is 1. The van der Waals surface area contributed by atoms with E-state index >= 15 is 0 Å². The number of hydrogen-bond donors (Lipinski definition) is 0. The number of nitrogens with zero attached hydrogens (tertiary/aromatic N) is 1. The Morgan fingerprint density at radius 1 is 0.893 bits per heavy atom. The number of cyclic esters (lactones) is 1. The third kappa shape index (κ3) is 9.87. The van der Waals surface area contributed by atoms with E-state index in [2.05, 4.69) is 57.8 Å². The van der Waals surface area contributed by atoms with Gasteiger partial charge in [-0.3, -0.25) is 0 Å². The Morgan fingerprint density at radius 2 is 1.39 bits per heavy atom. The van der Waals surface area contributed by atoms with Gasteiger partial charge in [0.1, 0.15) is 0 Å². The van der Waals surface area contributed by atoms with Gasteiger partial charge in [-0.25, -0.2) is 9.79 Å². The van der Waals surface area contributed by atoms with Gasteiger partial charge in [0, 0.05) is 0 Å². The molecule has 1 aliphatic rings. The Hall–Kier alpha value is -1.90. The maximum Gasteiger partial charge on any atom is 0.337 e. The van der Waals surface area contributed by atoms with Crippen LogP contribution >= 0.6 is 0 Å². The zero-order valence-electron chi connectivity index (χ0n) is 19.0. The van der Waals surface area contributed by atoms with Crippen molar-refractivity contribution in [3.63, 3.8) is 0 Å². The van der Waals surface area contributed by atoms with Crippen LogP contribution in [0.1, 0.15) is 87.0 Å². The van der Waals surface area contributed by atoms with Gasteiger partial charge in [0.25, 0.3) is 0 Å². The summed E-state index contributed by atoms with van der Waals surface area (Å²) < 4.78 is 5.26. The molecule has 0 bridgehead atoms. The molecule has 0 aromatic heterocycles. The van der Waals surface area contributed by atoms with Crippen molar-refractivity contribution in [1.29, 1.82) is 0 Å². The van der Waals surface area contributed by atoms with Crippen molar-refractivity contribution in [2.24, 2.45) is 10.9 Å². The minimum absolute atomic E-state index is 0.175. The molecule has 3 nitrogen and oxygen atoms in total. The fourth-order valence-corrected chi connectivity index (χ4v) is 3.04. The van der Waals surface area contributed by atoms with Gasteiger partial charge in [-0.1, -0.05) is 54.4 Å². The highest BCUT2D eigenvalue weighted by atomic mass is 16.6. The Kier molecular flexibility index (Phi) is 10.8. The van der Waals surface area contributed by atoms with E-state index in [9.17, 15) is 4.79 Å². The summed E-state index contributed by atoms with van der Waals surface area (Å²) in [5.41, 5.74) is 5.50. The standard InChI is InChI=1S/C25H39NO2/c1-18(2)11-8-12-20(5)13-9-14-21(6)15-10-16-22(7)17-23-26-24(19(3)4)25(27)28-23/h11,13,15,17,19,24H,8-10,12,14,16H2,1-7H3/b20-13+,21-15+,22-17+/t24-/m0/s1. The summed E-state index contributed by atoms with van der Waals surface area (Å²) in [4.78, 5) is 16.1. The van der Waals surface area contributed by atoms with Crippen LogP contribution in [0.4, 0.5) is 0 Å². The molecule has 28 heavy (non-hydrogen) atoms. The molecule has 1 aliphatic heterocycles. The zero-order valence-corrected chi connectivity index (χ0v) is 19.0. The van der Waals surface area contributed by atoms with Crippen LogP contribution in [0.5, 0.6) is 0 Å². The molecule has 0 saturated heterocycles. The second-order valence-corrected chi connectivity index (χ2v) is 8.57. The number of aliphatic imine (C=N–C) groups is 1. The molecular weight excluding hydrogens is 346 g/mol. The first kappa shape index (κ1) is 24.1. The van der Waals surface area contributed by atoms with Crippen molar-refractivity contribution in [2.45, 2.75) is 93.0 Å². The van der Waals surface area contributed by atoms with Crippen LogP contribution in [-0.2, 0) is 9.53 Å². The molecular formula is C25H39NO2. The lowest BCUT2D eigenvalue weighted by molar-refractivity contribution is -0.135. The molecule has 0 amide bonds. The Labute approximate surface area is 172 Å². The van der Waals surface area contributed by atoms with E-state index in [1.165, 1.54) is 22.3 Å². The van der Waals surface area contributed by atoms with E-state index in [1.54, 1.807) is 0 Å². The lowest BCUT2D eigenvalue weighted by Gasteiger charge is -2.04. The van der Waals surface area contributed by atoms with Crippen LogP contribution in [-0.4, -0.2) is 17.9 Å². The van der Waals surface area contributed by atoms with Crippen molar-refractivity contribution in [1.82, 2.24) is 0 Å². The summed E-state index contributed by atoms with van der Waals surface area (Å²) in [6.45, 7) is 14.8. The van der Waals surface area contributed by atoms with Crippen LogP contribution in [0.2, 0.25) is 0 Å².